The molecule has 0 rings (SSSR count). The number of carbonyl (C=O) groups excluding carboxylic acids is 1. The van der Waals surface area contributed by atoms with Crippen molar-refractivity contribution in [2.75, 3.05) is 0 Å². The molecule has 0 aromatic heterocycles. The molecule has 0 unspecified atom stereocenters. The van der Waals surface area contributed by atoms with Crippen LogP contribution in [-0.4, -0.2) is 21.5 Å². The van der Waals surface area contributed by atoms with Crippen LogP contribution in [0.25, 0.3) is 0 Å². The molecule has 0 spiro atoms. The van der Waals surface area contributed by atoms with E-state index in [1.165, 1.54) is 6.92 Å². The fourth-order valence-electron chi connectivity index (χ4n) is 0.203. The average Bonchev–Trinajstić information content (AvgIpc) is 1.35. The number of rotatable bonds is 1. The summed E-state index contributed by atoms with van der Waals surface area (Å²) < 4.78 is 4.54. The van der Waals surface area contributed by atoms with E-state index in [1.807, 2.05) is 5.79 Å². The maximum absolute atomic E-state index is 9.86. The first kappa shape index (κ1) is 10.1. The maximum Gasteiger partial charge on any atom is 0.520 e. The van der Waals surface area contributed by atoms with Crippen LogP contribution in [0.5, 0.6) is 0 Å². The Labute approximate surface area is 50.9 Å². The standard InChI is InChI=1S/C2H4O2.CH4.CH3.Al.H/c1-2(3)4;;;;/h1H3,(H,3,4);1H4;1H3;;/q;;;+1;/p-1. The van der Waals surface area contributed by atoms with Crippen molar-refractivity contribution < 1.29 is 8.58 Å². The third-order valence-corrected chi connectivity index (χ3v) is 1.04. The molecule has 0 amide bonds. The van der Waals surface area contributed by atoms with Gasteiger partial charge in [0.1, 0.15) is 0 Å². The molecule has 0 fully saturated rings. The molecular weight excluding hydrogens is 107 g/mol. The Morgan fingerprint density at radius 2 is 2.14 bits per heavy atom. The summed E-state index contributed by atoms with van der Waals surface area (Å²) in [6.07, 6.45) is 0. The van der Waals surface area contributed by atoms with E-state index in [4.69, 9.17) is 0 Å². The summed E-state index contributed by atoms with van der Waals surface area (Å²) in [5.41, 5.74) is 0. The van der Waals surface area contributed by atoms with Crippen molar-refractivity contribution in [3.05, 3.63) is 0 Å². The zero-order valence-electron chi connectivity index (χ0n) is 4.02. The van der Waals surface area contributed by atoms with Gasteiger partial charge in [0.2, 0.25) is 0 Å². The van der Waals surface area contributed by atoms with E-state index in [1.54, 1.807) is 0 Å². The minimum atomic E-state index is -0.483. The van der Waals surface area contributed by atoms with Crippen LogP contribution >= 0.6 is 0 Å². The zero-order chi connectivity index (χ0) is 4.99. The summed E-state index contributed by atoms with van der Waals surface area (Å²) in [5.74, 6) is 1.77. The quantitative estimate of drug-likeness (QED) is 0.471. The van der Waals surface area contributed by atoms with Crippen LogP contribution < -0.4 is 0 Å². The van der Waals surface area contributed by atoms with Gasteiger partial charge in [-0.05, 0) is 0 Å². The summed E-state index contributed by atoms with van der Waals surface area (Å²) in [6, 6.07) is 0. The Morgan fingerprint density at radius 1 is 1.71 bits per heavy atom. The smallest absolute Gasteiger partial charge is 0.520 e. The van der Waals surface area contributed by atoms with Crippen molar-refractivity contribution in [1.82, 2.24) is 0 Å². The molecule has 0 heterocycles. The van der Waals surface area contributed by atoms with Gasteiger partial charge in [0.05, 0.1) is 0 Å². The lowest BCUT2D eigenvalue weighted by Gasteiger charge is -1.90. The summed E-state index contributed by atoms with van der Waals surface area (Å²) in [4.78, 5) is 9.86. The minimum absolute atomic E-state index is 0. The number of carbonyl (C=O) groups is 1. The first-order valence-electron chi connectivity index (χ1n) is 1.90. The molecule has 42 valence electrons. The Kier molecular flexibility index (Phi) is 8.65. The SMILES string of the molecule is C.[CH3][AlH][O]C(C)=O. The molecule has 0 aliphatic carbocycles. The Bertz CT molecular complexity index is 53.7. The van der Waals surface area contributed by atoms with E-state index in [9.17, 15) is 4.79 Å². The first-order chi connectivity index (χ1) is 2.77. The minimum Gasteiger partial charge on any atom is -0.619 e. The Balaban J connectivity index is 0. The van der Waals surface area contributed by atoms with Crippen LogP contribution in [0.15, 0.2) is 0 Å². The lowest BCUT2D eigenvalue weighted by Crippen LogP contribution is -1.98. The van der Waals surface area contributed by atoms with Crippen molar-refractivity contribution >= 4 is 21.5 Å². The lowest BCUT2D eigenvalue weighted by molar-refractivity contribution is -0.131. The summed E-state index contributed by atoms with van der Waals surface area (Å²) >= 11 is -0.483. The van der Waals surface area contributed by atoms with E-state index in [0.717, 1.165) is 0 Å². The van der Waals surface area contributed by atoms with Crippen molar-refractivity contribution in [2.45, 2.75) is 20.1 Å². The Hall–Kier alpha value is 0.00247. The van der Waals surface area contributed by atoms with Gasteiger partial charge >= 0.3 is 15.6 Å². The molecule has 0 aromatic rings. The highest BCUT2D eigenvalue weighted by Gasteiger charge is 1.86. The van der Waals surface area contributed by atoms with Crippen LogP contribution in [0.2, 0.25) is 5.79 Å². The highest BCUT2D eigenvalue weighted by molar-refractivity contribution is 6.28. The fraction of sp³-hybridized carbons (Fsp3) is 0.750. The van der Waals surface area contributed by atoms with E-state index < -0.39 is 15.6 Å². The van der Waals surface area contributed by atoms with Gasteiger partial charge in [-0.3, -0.25) is 4.79 Å². The van der Waals surface area contributed by atoms with Gasteiger partial charge in [0.25, 0.3) is 5.97 Å². The average molecular weight is 118 g/mol. The van der Waals surface area contributed by atoms with Gasteiger partial charge in [-0.25, -0.2) is 0 Å². The van der Waals surface area contributed by atoms with Crippen LogP contribution in [-0.2, 0) is 8.58 Å². The molecular formula is C4H11AlO2. The molecule has 0 bridgehead atoms. The molecule has 0 aliphatic rings. The van der Waals surface area contributed by atoms with E-state index in [2.05, 4.69) is 3.79 Å². The highest BCUT2D eigenvalue weighted by atomic mass is 27.1. The summed E-state index contributed by atoms with van der Waals surface area (Å²) in [6.45, 7) is 1.43. The van der Waals surface area contributed by atoms with E-state index in [0.29, 0.717) is 0 Å². The predicted octanol–water partition coefficient (Wildman–Crippen LogP) is 0.585. The van der Waals surface area contributed by atoms with Gasteiger partial charge < -0.3 is 3.79 Å². The van der Waals surface area contributed by atoms with Gasteiger partial charge in [0, 0.05) is 6.92 Å². The molecule has 3 heteroatoms. The molecule has 0 saturated carbocycles. The van der Waals surface area contributed by atoms with Crippen LogP contribution in [0, 0.1) is 0 Å². The van der Waals surface area contributed by atoms with Gasteiger partial charge in [-0.2, -0.15) is 0 Å². The molecule has 0 atom stereocenters. The Morgan fingerprint density at radius 3 is 2.14 bits per heavy atom. The maximum atomic E-state index is 9.86. The molecule has 0 radical (unpaired) electrons. The van der Waals surface area contributed by atoms with Crippen molar-refractivity contribution in [2.24, 2.45) is 0 Å². The zero-order valence-corrected chi connectivity index (χ0v) is 5.44. The summed E-state index contributed by atoms with van der Waals surface area (Å²) in [5, 5.41) is 0. The summed E-state index contributed by atoms with van der Waals surface area (Å²) in [7, 11) is 0. The predicted molar refractivity (Wildman–Crippen MR) is 31.5 cm³/mol. The second-order valence-electron chi connectivity index (χ2n) is 0.925. The van der Waals surface area contributed by atoms with E-state index >= 15 is 0 Å². The second-order valence-corrected chi connectivity index (χ2v) is 1.79. The van der Waals surface area contributed by atoms with Crippen molar-refractivity contribution in [3.63, 3.8) is 0 Å². The molecule has 0 aromatic carbocycles. The third kappa shape index (κ3) is 10.7. The number of hydrogen-bond donors (Lipinski definition) is 0. The van der Waals surface area contributed by atoms with Crippen LogP contribution in [0.1, 0.15) is 14.4 Å². The normalized spacial score (nSPS) is 6.00. The van der Waals surface area contributed by atoms with Crippen molar-refractivity contribution in [1.29, 1.82) is 0 Å². The monoisotopic (exact) mass is 118 g/mol. The highest BCUT2D eigenvalue weighted by Crippen LogP contribution is 1.67. The van der Waals surface area contributed by atoms with Gasteiger partial charge in [-0.1, -0.05) is 13.2 Å². The van der Waals surface area contributed by atoms with Crippen LogP contribution in [0.4, 0.5) is 0 Å². The molecule has 2 nitrogen and oxygen atoms in total. The van der Waals surface area contributed by atoms with Gasteiger partial charge in [0.15, 0.2) is 0 Å². The van der Waals surface area contributed by atoms with Crippen LogP contribution in [0.3, 0.4) is 0 Å². The molecule has 7 heavy (non-hydrogen) atoms. The fourth-order valence-corrected chi connectivity index (χ4v) is 0.610. The topological polar surface area (TPSA) is 26.3 Å². The first-order valence-corrected chi connectivity index (χ1v) is 3.90. The number of hydrogen-bond acceptors (Lipinski definition) is 2. The lowest BCUT2D eigenvalue weighted by atomic mass is 10.9. The van der Waals surface area contributed by atoms with Crippen molar-refractivity contribution in [3.8, 4) is 0 Å². The van der Waals surface area contributed by atoms with E-state index in [-0.39, 0.29) is 13.4 Å². The molecule has 0 aliphatic heterocycles. The largest absolute Gasteiger partial charge is 0.619 e. The second kappa shape index (κ2) is 6.00. The third-order valence-electron chi connectivity index (χ3n) is 0.348. The molecule has 0 N–H and O–H groups in total. The van der Waals surface area contributed by atoms with Gasteiger partial charge in [-0.15, -0.1) is 0 Å². The molecule has 0 saturated heterocycles.